The summed E-state index contributed by atoms with van der Waals surface area (Å²) in [5, 5.41) is 16.8. The van der Waals surface area contributed by atoms with Gasteiger partial charge in [-0.2, -0.15) is 0 Å². The highest BCUT2D eigenvalue weighted by atomic mass is 16.5. The molecular formula is C20H25N5O4. The molecule has 0 fully saturated rings. The molecule has 0 unspecified atom stereocenters. The monoisotopic (exact) mass is 399 g/mol. The molecule has 1 aromatic heterocycles. The van der Waals surface area contributed by atoms with Crippen molar-refractivity contribution in [3.63, 3.8) is 0 Å². The van der Waals surface area contributed by atoms with E-state index in [1.165, 1.54) is 11.8 Å². The average molecular weight is 399 g/mol. The first-order valence-corrected chi connectivity index (χ1v) is 9.36. The molecule has 1 aliphatic heterocycles. The predicted octanol–water partition coefficient (Wildman–Crippen LogP) is 1.33. The van der Waals surface area contributed by atoms with Crippen LogP contribution < -0.4 is 15.5 Å². The molecule has 0 spiro atoms. The highest BCUT2D eigenvalue weighted by molar-refractivity contribution is 5.97. The fourth-order valence-corrected chi connectivity index (χ4v) is 3.44. The molecule has 29 heavy (non-hydrogen) atoms. The quantitative estimate of drug-likeness (QED) is 0.627. The second kappa shape index (κ2) is 8.97. The van der Waals surface area contributed by atoms with Crippen molar-refractivity contribution in [2.45, 2.75) is 26.1 Å². The molecule has 9 nitrogen and oxygen atoms in total. The van der Waals surface area contributed by atoms with Gasteiger partial charge < -0.3 is 20.5 Å². The van der Waals surface area contributed by atoms with Crippen LogP contribution in [0.4, 0.5) is 11.6 Å². The Labute approximate surface area is 169 Å². The maximum absolute atomic E-state index is 12.5. The summed E-state index contributed by atoms with van der Waals surface area (Å²) in [6.07, 6.45) is 2.20. The molecule has 0 aliphatic carbocycles. The molecule has 2 aromatic rings. The molecule has 3 rings (SSSR count). The Bertz CT molecular complexity index is 876. The maximum Gasteiger partial charge on any atom is 0.251 e. The van der Waals surface area contributed by atoms with Gasteiger partial charge in [0.1, 0.15) is 6.23 Å². The van der Waals surface area contributed by atoms with Gasteiger partial charge in [-0.3, -0.25) is 14.5 Å². The zero-order valence-electron chi connectivity index (χ0n) is 16.6. The van der Waals surface area contributed by atoms with E-state index in [0.717, 1.165) is 0 Å². The summed E-state index contributed by atoms with van der Waals surface area (Å²) in [4.78, 5) is 34.4. The van der Waals surface area contributed by atoms with E-state index in [2.05, 4.69) is 20.6 Å². The molecule has 2 heterocycles. The third-order valence-corrected chi connectivity index (χ3v) is 4.93. The minimum absolute atomic E-state index is 0.243. The first-order chi connectivity index (χ1) is 13.9. The number of ether oxygens (including phenoxy) is 1. The topological polar surface area (TPSA) is 117 Å². The van der Waals surface area contributed by atoms with Crippen LogP contribution in [0, 0.1) is 5.92 Å². The summed E-state index contributed by atoms with van der Waals surface area (Å²) in [5.74, 6) is -0.499. The van der Waals surface area contributed by atoms with Crippen molar-refractivity contribution in [2.24, 2.45) is 5.92 Å². The third kappa shape index (κ3) is 4.36. The predicted molar refractivity (Wildman–Crippen MR) is 107 cm³/mol. The number of carbonyl (C=O) groups is 2. The van der Waals surface area contributed by atoms with Crippen LogP contribution in [0.3, 0.4) is 0 Å². The second-order valence-corrected chi connectivity index (χ2v) is 6.88. The minimum atomic E-state index is -1.03. The van der Waals surface area contributed by atoms with Crippen molar-refractivity contribution in [3.05, 3.63) is 47.8 Å². The van der Waals surface area contributed by atoms with Gasteiger partial charge in [-0.15, -0.1) is 0 Å². The van der Waals surface area contributed by atoms with Crippen molar-refractivity contribution in [1.29, 1.82) is 0 Å². The Hall–Kier alpha value is -3.04. The molecule has 0 saturated heterocycles. The highest BCUT2D eigenvalue weighted by Gasteiger charge is 2.40. The number of methoxy groups -OCH3 is 1. The van der Waals surface area contributed by atoms with E-state index in [9.17, 15) is 14.7 Å². The lowest BCUT2D eigenvalue weighted by molar-refractivity contribution is -0.119. The summed E-state index contributed by atoms with van der Waals surface area (Å²) in [5.41, 5.74) is 1.71. The van der Waals surface area contributed by atoms with Gasteiger partial charge in [-0.05, 0) is 29.8 Å². The first-order valence-electron chi connectivity index (χ1n) is 9.36. The number of amides is 2. The molecule has 9 heteroatoms. The Morgan fingerprint density at radius 1 is 1.28 bits per heavy atom. The number of fused-ring (bicyclic) bond motifs is 1. The fraction of sp³-hybridized carbons (Fsp3) is 0.400. The highest BCUT2D eigenvalue weighted by Crippen LogP contribution is 2.41. The molecule has 1 aromatic carbocycles. The number of aromatic nitrogens is 2. The number of nitrogens with one attached hydrogen (secondary N) is 2. The average Bonchev–Trinajstić information content (AvgIpc) is 2.72. The summed E-state index contributed by atoms with van der Waals surface area (Å²) < 4.78 is 4.96. The smallest absolute Gasteiger partial charge is 0.251 e. The van der Waals surface area contributed by atoms with Crippen LogP contribution in [0.1, 0.15) is 35.8 Å². The Morgan fingerprint density at radius 2 is 2.00 bits per heavy atom. The zero-order chi connectivity index (χ0) is 21.0. The van der Waals surface area contributed by atoms with Crippen LogP contribution in [0.2, 0.25) is 0 Å². The van der Waals surface area contributed by atoms with Gasteiger partial charge in [0.05, 0.1) is 18.3 Å². The molecule has 3 N–H and O–H groups in total. The minimum Gasteiger partial charge on any atom is -0.383 e. The first kappa shape index (κ1) is 20.7. The maximum atomic E-state index is 12.5. The van der Waals surface area contributed by atoms with E-state index in [-0.39, 0.29) is 17.7 Å². The second-order valence-electron chi connectivity index (χ2n) is 6.88. The van der Waals surface area contributed by atoms with Gasteiger partial charge in [0.15, 0.2) is 0 Å². The standard InChI is InChI=1S/C20H25N5O4/c1-12-17(24-20-22-7-4-8-23-20)15-11-14(18(27)21-9-10-29-3)5-6-16(15)25(13(2)26)19(12)28/h4-8,11-12,17,19,28H,9-10H2,1-3H3,(H,21,27)(H,22,23,24)/t12-,17-,19+/m1/s1. The number of hydrogen-bond donors (Lipinski definition) is 3. The number of carbonyl (C=O) groups excluding carboxylic acids is 2. The van der Waals surface area contributed by atoms with E-state index >= 15 is 0 Å². The van der Waals surface area contributed by atoms with Crippen LogP contribution in [0.15, 0.2) is 36.7 Å². The lowest BCUT2D eigenvalue weighted by Crippen LogP contribution is -2.50. The number of nitrogens with zero attached hydrogens (tertiary/aromatic N) is 3. The van der Waals surface area contributed by atoms with Crippen LogP contribution in [-0.2, 0) is 9.53 Å². The van der Waals surface area contributed by atoms with Gasteiger partial charge in [-0.1, -0.05) is 6.92 Å². The van der Waals surface area contributed by atoms with Gasteiger partial charge in [0.25, 0.3) is 5.91 Å². The number of hydrogen-bond acceptors (Lipinski definition) is 7. The zero-order valence-corrected chi connectivity index (χ0v) is 16.6. The largest absolute Gasteiger partial charge is 0.383 e. The molecular weight excluding hydrogens is 374 g/mol. The Kier molecular flexibility index (Phi) is 6.40. The van der Waals surface area contributed by atoms with Gasteiger partial charge in [-0.25, -0.2) is 9.97 Å². The molecule has 0 bridgehead atoms. The molecule has 154 valence electrons. The lowest BCUT2D eigenvalue weighted by Gasteiger charge is -2.42. The normalized spacial score (nSPS) is 20.7. The van der Waals surface area contributed by atoms with Crippen molar-refractivity contribution >= 4 is 23.5 Å². The van der Waals surface area contributed by atoms with E-state index in [0.29, 0.717) is 35.9 Å². The summed E-state index contributed by atoms with van der Waals surface area (Å²) in [6, 6.07) is 6.35. The Balaban J connectivity index is 2.00. The Morgan fingerprint density at radius 3 is 2.66 bits per heavy atom. The van der Waals surface area contributed by atoms with Crippen molar-refractivity contribution < 1.29 is 19.4 Å². The van der Waals surface area contributed by atoms with E-state index in [4.69, 9.17) is 4.74 Å². The fourth-order valence-electron chi connectivity index (χ4n) is 3.44. The number of benzene rings is 1. The van der Waals surface area contributed by atoms with Crippen molar-refractivity contribution in [1.82, 2.24) is 15.3 Å². The third-order valence-electron chi connectivity index (χ3n) is 4.93. The number of aliphatic hydroxyl groups is 1. The molecule has 1 aliphatic rings. The van der Waals surface area contributed by atoms with Gasteiger partial charge >= 0.3 is 0 Å². The van der Waals surface area contributed by atoms with Gasteiger partial charge in [0, 0.05) is 44.5 Å². The number of aliphatic hydroxyl groups excluding tert-OH is 1. The van der Waals surface area contributed by atoms with E-state index in [1.54, 1.807) is 43.8 Å². The van der Waals surface area contributed by atoms with Crippen LogP contribution in [-0.4, -0.2) is 53.4 Å². The lowest BCUT2D eigenvalue weighted by atomic mass is 9.85. The summed E-state index contributed by atoms with van der Waals surface area (Å²) in [6.45, 7) is 4.03. The molecule has 0 saturated carbocycles. The van der Waals surface area contributed by atoms with E-state index in [1.807, 2.05) is 6.92 Å². The summed E-state index contributed by atoms with van der Waals surface area (Å²) in [7, 11) is 1.57. The van der Waals surface area contributed by atoms with Gasteiger partial charge in [0.2, 0.25) is 11.9 Å². The molecule has 3 atom stereocenters. The van der Waals surface area contributed by atoms with Crippen molar-refractivity contribution in [3.8, 4) is 0 Å². The molecule has 0 radical (unpaired) electrons. The summed E-state index contributed by atoms with van der Waals surface area (Å²) >= 11 is 0. The number of anilines is 2. The molecule has 2 amide bonds. The SMILES string of the molecule is COCCNC(=O)c1ccc2c(c1)[C@H](Nc1ncccn1)[C@@H](C)[C@H](O)N2C(C)=O. The van der Waals surface area contributed by atoms with Crippen LogP contribution in [0.25, 0.3) is 0 Å². The van der Waals surface area contributed by atoms with Crippen LogP contribution >= 0.6 is 0 Å². The van der Waals surface area contributed by atoms with Crippen LogP contribution in [0.5, 0.6) is 0 Å². The number of rotatable bonds is 6. The van der Waals surface area contributed by atoms with E-state index < -0.39 is 12.3 Å². The van der Waals surface area contributed by atoms with Crippen molar-refractivity contribution in [2.75, 3.05) is 30.5 Å².